The molecule has 8 heteroatoms. The molecule has 138 valence electrons. The number of alkyl halides is 3. The molecule has 1 aliphatic heterocycles. The van der Waals surface area contributed by atoms with E-state index in [1.54, 1.807) is 18.3 Å². The molecule has 0 bridgehead atoms. The molecule has 0 aliphatic carbocycles. The third-order valence-electron chi connectivity index (χ3n) is 4.36. The Kier molecular flexibility index (Phi) is 5.48. The fraction of sp³-hybridized carbons (Fsp3) is 0.333. The number of halogens is 4. The van der Waals surface area contributed by atoms with Crippen molar-refractivity contribution in [2.24, 2.45) is 0 Å². The zero-order valence-electron chi connectivity index (χ0n) is 13.8. The standard InChI is InChI=1S/C18H17ClF3N3O/c19-16(26)15-2-1-7-23-17(15)25-10-8-24(9-11-25)12-13-3-5-14(6-4-13)18(20,21)22/h1-7H,8-12H2. The van der Waals surface area contributed by atoms with E-state index in [2.05, 4.69) is 9.88 Å². The first-order chi connectivity index (χ1) is 12.3. The van der Waals surface area contributed by atoms with E-state index < -0.39 is 17.0 Å². The van der Waals surface area contributed by atoms with Gasteiger partial charge in [0.05, 0.1) is 11.1 Å². The van der Waals surface area contributed by atoms with Gasteiger partial charge in [0.25, 0.3) is 5.24 Å². The lowest BCUT2D eigenvalue weighted by atomic mass is 10.1. The van der Waals surface area contributed by atoms with Gasteiger partial charge in [-0.15, -0.1) is 0 Å². The van der Waals surface area contributed by atoms with E-state index in [0.29, 0.717) is 44.1 Å². The Balaban J connectivity index is 1.60. The Hall–Kier alpha value is -2.12. The molecule has 1 aliphatic rings. The highest BCUT2D eigenvalue weighted by atomic mass is 35.5. The predicted octanol–water partition coefficient (Wildman–Crippen LogP) is 3.80. The minimum Gasteiger partial charge on any atom is -0.353 e. The normalized spacial score (nSPS) is 15.9. The molecule has 0 saturated carbocycles. The van der Waals surface area contributed by atoms with E-state index in [9.17, 15) is 18.0 Å². The summed E-state index contributed by atoms with van der Waals surface area (Å²) in [6.45, 7) is 3.33. The summed E-state index contributed by atoms with van der Waals surface area (Å²) in [4.78, 5) is 19.9. The number of hydrogen-bond acceptors (Lipinski definition) is 4. The molecule has 0 spiro atoms. The minimum absolute atomic E-state index is 0.380. The number of carbonyl (C=O) groups excluding carboxylic acids is 1. The maximum atomic E-state index is 12.6. The van der Waals surface area contributed by atoms with Crippen LogP contribution in [-0.4, -0.2) is 41.3 Å². The monoisotopic (exact) mass is 383 g/mol. The first-order valence-corrected chi connectivity index (χ1v) is 8.50. The summed E-state index contributed by atoms with van der Waals surface area (Å²) in [6.07, 6.45) is -2.70. The summed E-state index contributed by atoms with van der Waals surface area (Å²) in [5, 5.41) is -0.541. The van der Waals surface area contributed by atoms with Gasteiger partial charge >= 0.3 is 6.18 Å². The van der Waals surface area contributed by atoms with Crippen LogP contribution in [0.1, 0.15) is 21.5 Å². The highest BCUT2D eigenvalue weighted by molar-refractivity contribution is 6.68. The smallest absolute Gasteiger partial charge is 0.353 e. The Morgan fingerprint density at radius 1 is 1.08 bits per heavy atom. The van der Waals surface area contributed by atoms with E-state index in [-0.39, 0.29) is 0 Å². The van der Waals surface area contributed by atoms with Gasteiger partial charge in [0.2, 0.25) is 0 Å². The second kappa shape index (κ2) is 7.63. The van der Waals surface area contributed by atoms with Crippen molar-refractivity contribution in [2.75, 3.05) is 31.1 Å². The van der Waals surface area contributed by atoms with Crippen molar-refractivity contribution in [3.63, 3.8) is 0 Å². The molecule has 0 N–H and O–H groups in total. The zero-order chi connectivity index (χ0) is 18.7. The summed E-state index contributed by atoms with van der Waals surface area (Å²) in [5.74, 6) is 0.571. The average molecular weight is 384 g/mol. The molecule has 26 heavy (non-hydrogen) atoms. The largest absolute Gasteiger partial charge is 0.416 e. The van der Waals surface area contributed by atoms with E-state index in [1.165, 1.54) is 12.1 Å². The summed E-state index contributed by atoms with van der Waals surface area (Å²) in [6, 6.07) is 8.55. The van der Waals surface area contributed by atoms with Gasteiger partial charge in [-0.25, -0.2) is 4.98 Å². The number of pyridine rings is 1. The Morgan fingerprint density at radius 3 is 2.31 bits per heavy atom. The molecule has 1 fully saturated rings. The lowest BCUT2D eigenvalue weighted by molar-refractivity contribution is -0.137. The highest BCUT2D eigenvalue weighted by Gasteiger charge is 2.30. The third kappa shape index (κ3) is 4.34. The van der Waals surface area contributed by atoms with Crippen LogP contribution in [0.5, 0.6) is 0 Å². The van der Waals surface area contributed by atoms with Crippen molar-refractivity contribution >= 4 is 22.7 Å². The number of benzene rings is 1. The summed E-state index contributed by atoms with van der Waals surface area (Å²) in [7, 11) is 0. The number of aromatic nitrogens is 1. The first-order valence-electron chi connectivity index (χ1n) is 8.13. The van der Waals surface area contributed by atoms with Crippen LogP contribution in [0.2, 0.25) is 0 Å². The Morgan fingerprint density at radius 2 is 1.73 bits per heavy atom. The second-order valence-electron chi connectivity index (χ2n) is 6.11. The van der Waals surface area contributed by atoms with E-state index in [4.69, 9.17) is 11.6 Å². The molecule has 1 aromatic heterocycles. The van der Waals surface area contributed by atoms with Crippen LogP contribution in [0.3, 0.4) is 0 Å². The van der Waals surface area contributed by atoms with Crippen molar-refractivity contribution in [1.82, 2.24) is 9.88 Å². The van der Waals surface area contributed by atoms with Gasteiger partial charge in [0, 0.05) is 38.9 Å². The van der Waals surface area contributed by atoms with Crippen LogP contribution in [-0.2, 0) is 12.7 Å². The summed E-state index contributed by atoms with van der Waals surface area (Å²) >= 11 is 5.61. The molecule has 0 atom stereocenters. The van der Waals surface area contributed by atoms with Crippen molar-refractivity contribution < 1.29 is 18.0 Å². The van der Waals surface area contributed by atoms with Crippen LogP contribution in [0.15, 0.2) is 42.6 Å². The van der Waals surface area contributed by atoms with Crippen LogP contribution >= 0.6 is 11.6 Å². The number of carbonyl (C=O) groups is 1. The lowest BCUT2D eigenvalue weighted by Gasteiger charge is -2.36. The topological polar surface area (TPSA) is 36.4 Å². The molecule has 0 unspecified atom stereocenters. The van der Waals surface area contributed by atoms with Crippen molar-refractivity contribution in [3.8, 4) is 0 Å². The molecular weight excluding hydrogens is 367 g/mol. The fourth-order valence-corrected chi connectivity index (χ4v) is 3.13. The number of anilines is 1. The van der Waals surface area contributed by atoms with Crippen molar-refractivity contribution in [3.05, 3.63) is 59.3 Å². The third-order valence-corrected chi connectivity index (χ3v) is 4.56. The summed E-state index contributed by atoms with van der Waals surface area (Å²) < 4.78 is 37.8. The maximum Gasteiger partial charge on any atom is 0.416 e. The van der Waals surface area contributed by atoms with Gasteiger partial charge in [-0.1, -0.05) is 12.1 Å². The van der Waals surface area contributed by atoms with Crippen LogP contribution < -0.4 is 4.90 Å². The van der Waals surface area contributed by atoms with Gasteiger partial charge in [0.1, 0.15) is 5.82 Å². The molecule has 2 heterocycles. The molecule has 0 amide bonds. The molecule has 4 nitrogen and oxygen atoms in total. The number of rotatable bonds is 4. The highest BCUT2D eigenvalue weighted by Crippen LogP contribution is 2.29. The summed E-state index contributed by atoms with van der Waals surface area (Å²) in [5.41, 5.74) is 0.575. The van der Waals surface area contributed by atoms with E-state index in [1.807, 2.05) is 4.90 Å². The lowest BCUT2D eigenvalue weighted by Crippen LogP contribution is -2.46. The number of hydrogen-bond donors (Lipinski definition) is 0. The molecule has 2 aromatic rings. The average Bonchev–Trinajstić information content (AvgIpc) is 2.62. The van der Waals surface area contributed by atoms with Gasteiger partial charge in [-0.05, 0) is 41.4 Å². The predicted molar refractivity (Wildman–Crippen MR) is 93.4 cm³/mol. The van der Waals surface area contributed by atoms with Gasteiger partial charge < -0.3 is 4.90 Å². The van der Waals surface area contributed by atoms with Crippen LogP contribution in [0, 0.1) is 0 Å². The maximum absolute atomic E-state index is 12.6. The molecule has 1 saturated heterocycles. The Bertz CT molecular complexity index is 772. The van der Waals surface area contributed by atoms with Crippen LogP contribution in [0.4, 0.5) is 19.0 Å². The van der Waals surface area contributed by atoms with Crippen molar-refractivity contribution in [1.29, 1.82) is 0 Å². The quantitative estimate of drug-likeness (QED) is 0.752. The van der Waals surface area contributed by atoms with Crippen molar-refractivity contribution in [2.45, 2.75) is 12.7 Å². The first kappa shape index (κ1) is 18.7. The van der Waals surface area contributed by atoms with Gasteiger partial charge in [-0.3, -0.25) is 9.69 Å². The molecule has 0 radical (unpaired) electrons. The van der Waals surface area contributed by atoms with Gasteiger partial charge in [0.15, 0.2) is 0 Å². The Labute approximate surface area is 154 Å². The fourth-order valence-electron chi connectivity index (χ4n) is 2.98. The molecule has 1 aromatic carbocycles. The van der Waals surface area contributed by atoms with E-state index in [0.717, 1.165) is 17.7 Å². The molecular formula is C18H17ClF3N3O. The number of nitrogens with zero attached hydrogens (tertiary/aromatic N) is 3. The number of piperazine rings is 1. The van der Waals surface area contributed by atoms with E-state index >= 15 is 0 Å². The molecule has 3 rings (SSSR count). The van der Waals surface area contributed by atoms with Crippen LogP contribution in [0.25, 0.3) is 0 Å². The minimum atomic E-state index is -4.32. The van der Waals surface area contributed by atoms with Gasteiger partial charge in [-0.2, -0.15) is 13.2 Å². The zero-order valence-corrected chi connectivity index (χ0v) is 14.6. The second-order valence-corrected chi connectivity index (χ2v) is 6.45. The SMILES string of the molecule is O=C(Cl)c1cccnc1N1CCN(Cc2ccc(C(F)(F)F)cc2)CC1.